The van der Waals surface area contributed by atoms with Gasteiger partial charge in [-0.1, -0.05) is 55.0 Å². The van der Waals surface area contributed by atoms with Gasteiger partial charge in [0.2, 0.25) is 5.91 Å². The highest BCUT2D eigenvalue weighted by Gasteiger charge is 2.28. The van der Waals surface area contributed by atoms with Gasteiger partial charge in [0.15, 0.2) is 0 Å². The Morgan fingerprint density at radius 2 is 1.72 bits per heavy atom. The third-order valence-corrected chi connectivity index (χ3v) is 8.45. The van der Waals surface area contributed by atoms with Crippen LogP contribution in [0.25, 0.3) is 10.8 Å². The van der Waals surface area contributed by atoms with Crippen molar-refractivity contribution in [3.05, 3.63) is 83.2 Å². The Hall–Kier alpha value is -3.45. The van der Waals surface area contributed by atoms with Gasteiger partial charge in [-0.3, -0.25) is 9.69 Å². The van der Waals surface area contributed by atoms with E-state index >= 15 is 0 Å². The number of nitrogens with zero attached hydrogens (tertiary/aromatic N) is 2. The second-order valence-electron chi connectivity index (χ2n) is 12.9. The molecule has 0 radical (unpaired) electrons. The maximum atomic E-state index is 13.5. The topological polar surface area (TPSA) is 61.9 Å². The monoisotopic (exact) mass is 589 g/mol. The summed E-state index contributed by atoms with van der Waals surface area (Å²) >= 11 is 0. The van der Waals surface area contributed by atoms with E-state index in [1.54, 1.807) is 18.0 Å². The summed E-state index contributed by atoms with van der Waals surface area (Å²) in [4.78, 5) is 29.2. The zero-order valence-electron chi connectivity index (χ0n) is 26.5. The Morgan fingerprint density at radius 1 is 1.00 bits per heavy atom. The fourth-order valence-electron chi connectivity index (χ4n) is 5.97. The zero-order valence-corrected chi connectivity index (χ0v) is 26.5. The molecule has 0 spiro atoms. The number of carbonyl (C=O) groups is 2. The molecule has 1 fully saturated rings. The maximum Gasteiger partial charge on any atom is 0.410 e. The molecule has 3 aromatic rings. The summed E-state index contributed by atoms with van der Waals surface area (Å²) in [5.74, 6) is -0.238. The number of amides is 2. The van der Waals surface area contributed by atoms with Crippen LogP contribution in [0.1, 0.15) is 82.5 Å². The number of rotatable bonds is 11. The van der Waals surface area contributed by atoms with Crippen LogP contribution in [0.2, 0.25) is 0 Å². The van der Waals surface area contributed by atoms with Crippen molar-refractivity contribution in [2.45, 2.75) is 84.4 Å². The minimum Gasteiger partial charge on any atom is -0.444 e. The molecule has 1 aliphatic heterocycles. The Labute approximate surface area is 256 Å². The lowest BCUT2D eigenvalue weighted by Gasteiger charge is -2.36. The van der Waals surface area contributed by atoms with E-state index in [0.29, 0.717) is 13.1 Å². The van der Waals surface area contributed by atoms with Crippen LogP contribution in [0.4, 0.5) is 9.18 Å². The van der Waals surface area contributed by atoms with Crippen LogP contribution in [-0.4, -0.2) is 54.1 Å². The van der Waals surface area contributed by atoms with Gasteiger partial charge in [-0.15, -0.1) is 0 Å². The van der Waals surface area contributed by atoms with E-state index in [1.807, 2.05) is 26.8 Å². The molecular formula is C36H48FN3O3. The molecule has 232 valence electrons. The molecule has 0 aliphatic carbocycles. The summed E-state index contributed by atoms with van der Waals surface area (Å²) in [5.41, 5.74) is 2.99. The van der Waals surface area contributed by atoms with Crippen molar-refractivity contribution in [3.8, 4) is 0 Å². The van der Waals surface area contributed by atoms with Gasteiger partial charge in [0.05, 0.1) is 0 Å². The number of ether oxygens (including phenoxy) is 1. The molecule has 43 heavy (non-hydrogen) atoms. The number of likely N-dealkylation sites (tertiary alicyclic amines) is 1. The van der Waals surface area contributed by atoms with E-state index in [2.05, 4.69) is 53.5 Å². The molecule has 1 heterocycles. The lowest BCUT2D eigenvalue weighted by atomic mass is 9.90. The molecule has 0 aromatic heterocycles. The van der Waals surface area contributed by atoms with E-state index < -0.39 is 5.60 Å². The predicted molar refractivity (Wildman–Crippen MR) is 171 cm³/mol. The Balaban J connectivity index is 1.28. The van der Waals surface area contributed by atoms with Crippen molar-refractivity contribution in [1.29, 1.82) is 0 Å². The largest absolute Gasteiger partial charge is 0.444 e. The molecule has 1 aliphatic rings. The number of fused-ring (bicyclic) bond motifs is 1. The van der Waals surface area contributed by atoms with Crippen molar-refractivity contribution in [2.24, 2.45) is 5.92 Å². The number of halogens is 1. The maximum absolute atomic E-state index is 13.5. The van der Waals surface area contributed by atoms with Gasteiger partial charge in [-0.05, 0) is 112 Å². The summed E-state index contributed by atoms with van der Waals surface area (Å²) in [6.07, 6.45) is 5.43. The van der Waals surface area contributed by atoms with Crippen molar-refractivity contribution in [1.82, 2.24) is 15.1 Å². The first-order valence-corrected chi connectivity index (χ1v) is 15.7. The number of benzene rings is 3. The number of unbranched alkanes of at least 4 members (excludes halogenated alkanes) is 2. The molecule has 4 rings (SSSR count). The first kappa shape index (κ1) is 32.5. The lowest BCUT2D eigenvalue weighted by Crippen LogP contribution is -2.41. The second-order valence-corrected chi connectivity index (χ2v) is 12.9. The molecule has 1 N–H and O–H groups in total. The van der Waals surface area contributed by atoms with E-state index in [9.17, 15) is 14.0 Å². The summed E-state index contributed by atoms with van der Waals surface area (Å²) in [7, 11) is 1.80. The molecule has 7 heteroatoms. The quantitative estimate of drug-likeness (QED) is 0.234. The van der Waals surface area contributed by atoms with Crippen LogP contribution in [0.15, 0.2) is 60.7 Å². The SMILES string of the molecule is CC(c1ccc(CCCCCN(C)C(=O)OC(C)(C)C)c2ccccc12)N1CCC(C(=O)NCc2cccc(F)c2)CC1. The van der Waals surface area contributed by atoms with Crippen molar-refractivity contribution in [3.63, 3.8) is 0 Å². The van der Waals surface area contributed by atoms with Gasteiger partial charge >= 0.3 is 6.09 Å². The minimum absolute atomic E-state index is 0.0138. The van der Waals surface area contributed by atoms with Crippen molar-refractivity contribution in [2.75, 3.05) is 26.7 Å². The highest BCUT2D eigenvalue weighted by Crippen LogP contribution is 2.33. The number of hydrogen-bond donors (Lipinski definition) is 1. The zero-order chi connectivity index (χ0) is 31.0. The highest BCUT2D eigenvalue weighted by molar-refractivity contribution is 5.89. The van der Waals surface area contributed by atoms with Crippen molar-refractivity contribution < 1.29 is 18.7 Å². The highest BCUT2D eigenvalue weighted by atomic mass is 19.1. The Bertz CT molecular complexity index is 1380. The molecule has 1 atom stereocenters. The number of nitrogens with one attached hydrogen (secondary N) is 1. The molecule has 0 bridgehead atoms. The molecular weight excluding hydrogens is 541 g/mol. The molecule has 2 amide bonds. The molecule has 0 saturated carbocycles. The molecule has 6 nitrogen and oxygen atoms in total. The van der Waals surface area contributed by atoms with Gasteiger partial charge in [0, 0.05) is 32.1 Å². The van der Waals surface area contributed by atoms with Crippen LogP contribution >= 0.6 is 0 Å². The third-order valence-electron chi connectivity index (χ3n) is 8.45. The summed E-state index contributed by atoms with van der Waals surface area (Å²) in [6.45, 7) is 10.7. The average molecular weight is 590 g/mol. The van der Waals surface area contributed by atoms with Crippen LogP contribution in [-0.2, 0) is 22.5 Å². The number of aryl methyl sites for hydroxylation is 1. The van der Waals surface area contributed by atoms with Crippen LogP contribution < -0.4 is 5.32 Å². The minimum atomic E-state index is -0.477. The third kappa shape index (κ3) is 9.27. The van der Waals surface area contributed by atoms with Crippen LogP contribution in [0, 0.1) is 11.7 Å². The molecule has 1 unspecified atom stereocenters. The molecule has 3 aromatic carbocycles. The van der Waals surface area contributed by atoms with Crippen LogP contribution in [0.5, 0.6) is 0 Å². The smallest absolute Gasteiger partial charge is 0.410 e. The van der Waals surface area contributed by atoms with E-state index in [0.717, 1.165) is 57.2 Å². The van der Waals surface area contributed by atoms with Crippen molar-refractivity contribution >= 4 is 22.8 Å². The fourth-order valence-corrected chi connectivity index (χ4v) is 5.97. The lowest BCUT2D eigenvalue weighted by molar-refractivity contribution is -0.126. The van der Waals surface area contributed by atoms with Gasteiger partial charge in [-0.2, -0.15) is 0 Å². The van der Waals surface area contributed by atoms with Gasteiger partial charge < -0.3 is 15.0 Å². The van der Waals surface area contributed by atoms with E-state index in [1.165, 1.54) is 34.0 Å². The first-order chi connectivity index (χ1) is 20.5. The number of hydrogen-bond acceptors (Lipinski definition) is 4. The molecule has 1 saturated heterocycles. The van der Waals surface area contributed by atoms with E-state index in [-0.39, 0.29) is 29.8 Å². The second kappa shape index (κ2) is 14.8. The number of carbonyl (C=O) groups excluding carboxylic acids is 2. The Kier molecular flexibility index (Phi) is 11.2. The van der Waals surface area contributed by atoms with Gasteiger partial charge in [0.1, 0.15) is 11.4 Å². The Morgan fingerprint density at radius 3 is 2.42 bits per heavy atom. The summed E-state index contributed by atoms with van der Waals surface area (Å²) in [6, 6.07) is 19.9. The van der Waals surface area contributed by atoms with E-state index in [4.69, 9.17) is 4.74 Å². The normalized spacial score (nSPS) is 15.3. The summed E-state index contributed by atoms with van der Waals surface area (Å²) < 4.78 is 18.9. The average Bonchev–Trinajstić information content (AvgIpc) is 2.98. The first-order valence-electron chi connectivity index (χ1n) is 15.7. The number of piperidine rings is 1. The van der Waals surface area contributed by atoms with Gasteiger partial charge in [0.25, 0.3) is 0 Å². The van der Waals surface area contributed by atoms with Gasteiger partial charge in [-0.25, -0.2) is 9.18 Å². The van der Waals surface area contributed by atoms with Crippen LogP contribution in [0.3, 0.4) is 0 Å². The summed E-state index contributed by atoms with van der Waals surface area (Å²) in [5, 5.41) is 5.61. The predicted octanol–water partition coefficient (Wildman–Crippen LogP) is 7.65. The standard InChI is InChI=1S/C36H48FN3O3/c1-26(40-22-19-29(20-23-40)34(41)38-25-27-12-11-14-30(37)24-27)31-18-17-28(32-15-8-9-16-33(31)32)13-7-6-10-21-39(5)35(42)43-36(2,3)4/h8-9,11-12,14-18,24,26,29H,6-7,10,13,19-23,25H2,1-5H3,(H,38,41). The fraction of sp³-hybridized carbons (Fsp3) is 0.500.